The Morgan fingerprint density at radius 1 is 1.38 bits per heavy atom. The molecule has 1 heterocycles. The van der Waals surface area contributed by atoms with Crippen molar-refractivity contribution in [3.63, 3.8) is 0 Å². The third-order valence-corrected chi connectivity index (χ3v) is 4.63. The summed E-state index contributed by atoms with van der Waals surface area (Å²) in [4.78, 5) is 12.5. The zero-order valence-corrected chi connectivity index (χ0v) is 12.5. The van der Waals surface area contributed by atoms with Gasteiger partial charge in [-0.3, -0.25) is 4.79 Å². The molecule has 1 unspecified atom stereocenters. The molecule has 1 amide bonds. The topological polar surface area (TPSA) is 63.7 Å². The summed E-state index contributed by atoms with van der Waals surface area (Å²) in [5.41, 5.74) is -0.551. The molecule has 1 saturated heterocycles. The Balaban J connectivity index is 2.41. The molecule has 1 aromatic carbocycles. The maximum absolute atomic E-state index is 13.8. The van der Waals surface area contributed by atoms with Crippen molar-refractivity contribution in [3.8, 4) is 0 Å². The largest absolute Gasteiger partial charge is 0.379 e. The highest BCUT2D eigenvalue weighted by atomic mass is 35.7. The summed E-state index contributed by atoms with van der Waals surface area (Å²) >= 11 is 0. The van der Waals surface area contributed by atoms with Gasteiger partial charge >= 0.3 is 0 Å². The Labute approximate surface area is 124 Å². The lowest BCUT2D eigenvalue weighted by Crippen LogP contribution is -2.37. The maximum atomic E-state index is 13.8. The SMILES string of the molecule is CN(C(=O)c1cc(S(=O)(=O)Cl)c(F)cc1F)C1CCOC1. The fourth-order valence-electron chi connectivity index (χ4n) is 2.06. The smallest absolute Gasteiger partial charge is 0.264 e. The number of carbonyl (C=O) groups is 1. The summed E-state index contributed by atoms with van der Waals surface area (Å²) in [6, 6.07) is 0.710. The third kappa shape index (κ3) is 3.33. The van der Waals surface area contributed by atoms with Gasteiger partial charge in [0.2, 0.25) is 0 Å². The van der Waals surface area contributed by atoms with Crippen molar-refractivity contribution >= 4 is 25.6 Å². The molecule has 5 nitrogen and oxygen atoms in total. The summed E-state index contributed by atoms with van der Waals surface area (Å²) in [6.45, 7) is 0.793. The summed E-state index contributed by atoms with van der Waals surface area (Å²) in [5.74, 6) is -3.25. The first-order valence-electron chi connectivity index (χ1n) is 6.00. The minimum Gasteiger partial charge on any atom is -0.379 e. The monoisotopic (exact) mass is 339 g/mol. The van der Waals surface area contributed by atoms with Crippen molar-refractivity contribution in [2.45, 2.75) is 17.4 Å². The van der Waals surface area contributed by atoms with E-state index in [9.17, 15) is 22.0 Å². The van der Waals surface area contributed by atoms with E-state index in [1.807, 2.05) is 0 Å². The van der Waals surface area contributed by atoms with Crippen LogP contribution in [0.2, 0.25) is 0 Å². The molecule has 0 bridgehead atoms. The van der Waals surface area contributed by atoms with Gasteiger partial charge in [0.25, 0.3) is 15.0 Å². The molecule has 1 fully saturated rings. The minimum absolute atomic E-state index is 0.238. The van der Waals surface area contributed by atoms with Crippen molar-refractivity contribution < 1.29 is 26.7 Å². The van der Waals surface area contributed by atoms with Crippen molar-refractivity contribution in [3.05, 3.63) is 29.3 Å². The van der Waals surface area contributed by atoms with E-state index in [0.29, 0.717) is 31.8 Å². The fourth-order valence-corrected chi connectivity index (χ4v) is 2.97. The summed E-state index contributed by atoms with van der Waals surface area (Å²) in [7, 11) is 2.09. The first-order chi connectivity index (χ1) is 9.71. The molecule has 1 aliphatic rings. The van der Waals surface area contributed by atoms with Gasteiger partial charge in [0, 0.05) is 30.4 Å². The molecule has 0 saturated carbocycles. The van der Waals surface area contributed by atoms with Crippen LogP contribution in [-0.2, 0) is 13.8 Å². The Kier molecular flexibility index (Phi) is 4.50. The molecule has 0 spiro atoms. The van der Waals surface area contributed by atoms with Gasteiger partial charge in [-0.25, -0.2) is 17.2 Å². The lowest BCUT2D eigenvalue weighted by molar-refractivity contribution is 0.0706. The van der Waals surface area contributed by atoms with Crippen LogP contribution in [-0.4, -0.2) is 45.5 Å². The highest BCUT2D eigenvalue weighted by Gasteiger charge is 2.29. The van der Waals surface area contributed by atoms with Gasteiger partial charge in [0.05, 0.1) is 18.2 Å². The Hall–Kier alpha value is -1.25. The van der Waals surface area contributed by atoms with Gasteiger partial charge in [0.1, 0.15) is 16.5 Å². The number of carbonyl (C=O) groups excluding carboxylic acids is 1. The van der Waals surface area contributed by atoms with E-state index >= 15 is 0 Å². The van der Waals surface area contributed by atoms with Crippen molar-refractivity contribution in [1.29, 1.82) is 0 Å². The van der Waals surface area contributed by atoms with E-state index in [2.05, 4.69) is 0 Å². The first kappa shape index (κ1) is 16.1. The quantitative estimate of drug-likeness (QED) is 0.787. The molecule has 0 radical (unpaired) electrons. The van der Waals surface area contributed by atoms with Gasteiger partial charge in [-0.15, -0.1) is 0 Å². The van der Waals surface area contributed by atoms with Crippen molar-refractivity contribution in [2.75, 3.05) is 20.3 Å². The van der Waals surface area contributed by atoms with Gasteiger partial charge in [-0.2, -0.15) is 0 Å². The Morgan fingerprint density at radius 3 is 2.57 bits per heavy atom. The summed E-state index contributed by atoms with van der Waals surface area (Å²) < 4.78 is 54.8. The predicted molar refractivity (Wildman–Crippen MR) is 70.7 cm³/mol. The number of nitrogens with zero attached hydrogens (tertiary/aromatic N) is 1. The first-order valence-corrected chi connectivity index (χ1v) is 8.31. The van der Waals surface area contributed by atoms with Crippen molar-refractivity contribution in [2.24, 2.45) is 0 Å². The standard InChI is InChI=1S/C12H12ClF2NO4S/c1-16(7-2-3-20-6-7)12(17)8-4-11(21(13,18)19)10(15)5-9(8)14/h4-5,7H,2-3,6H2,1H3. The molecule has 1 atom stereocenters. The highest BCUT2D eigenvalue weighted by Crippen LogP contribution is 2.24. The van der Waals surface area contributed by atoms with E-state index in [4.69, 9.17) is 15.4 Å². The molecule has 116 valence electrons. The average molecular weight is 340 g/mol. The molecule has 1 aromatic rings. The Bertz CT molecular complexity index is 674. The van der Waals surface area contributed by atoms with Crippen LogP contribution in [0, 0.1) is 11.6 Å². The van der Waals surface area contributed by atoms with E-state index in [0.717, 1.165) is 0 Å². The van der Waals surface area contributed by atoms with Crippen LogP contribution < -0.4 is 0 Å². The van der Waals surface area contributed by atoms with Crippen LogP contribution in [0.4, 0.5) is 8.78 Å². The zero-order valence-electron chi connectivity index (χ0n) is 11.0. The maximum Gasteiger partial charge on any atom is 0.264 e. The van der Waals surface area contributed by atoms with Crippen LogP contribution in [0.5, 0.6) is 0 Å². The number of halogens is 3. The lowest BCUT2D eigenvalue weighted by Gasteiger charge is -2.23. The van der Waals surface area contributed by atoms with E-state index < -0.39 is 37.1 Å². The molecule has 2 rings (SSSR count). The number of benzene rings is 1. The Morgan fingerprint density at radius 2 is 2.05 bits per heavy atom. The molecule has 21 heavy (non-hydrogen) atoms. The number of hydrogen-bond acceptors (Lipinski definition) is 4. The number of hydrogen-bond donors (Lipinski definition) is 0. The zero-order chi connectivity index (χ0) is 15.8. The summed E-state index contributed by atoms with van der Waals surface area (Å²) in [6.07, 6.45) is 0.589. The second-order valence-electron chi connectivity index (χ2n) is 4.63. The van der Waals surface area contributed by atoms with Crippen LogP contribution in [0.1, 0.15) is 16.8 Å². The van der Waals surface area contributed by atoms with Crippen LogP contribution in [0.3, 0.4) is 0 Å². The van der Waals surface area contributed by atoms with Gasteiger partial charge in [0.15, 0.2) is 0 Å². The molecular weight excluding hydrogens is 328 g/mol. The molecule has 1 aliphatic heterocycles. The molecular formula is C12H12ClF2NO4S. The fraction of sp³-hybridized carbons (Fsp3) is 0.417. The predicted octanol–water partition coefficient (Wildman–Crippen LogP) is 1.75. The number of amides is 1. The van der Waals surface area contributed by atoms with E-state index in [-0.39, 0.29) is 6.04 Å². The third-order valence-electron chi connectivity index (χ3n) is 3.29. The number of likely N-dealkylation sites (N-methyl/N-ethyl adjacent to an activating group) is 1. The second kappa shape index (κ2) is 5.86. The molecule has 0 N–H and O–H groups in total. The van der Waals surface area contributed by atoms with Crippen molar-refractivity contribution in [1.82, 2.24) is 4.90 Å². The molecule has 0 aliphatic carbocycles. The minimum atomic E-state index is -4.42. The van der Waals surface area contributed by atoms with Crippen LogP contribution >= 0.6 is 10.7 Å². The average Bonchev–Trinajstić information content (AvgIpc) is 2.89. The lowest BCUT2D eigenvalue weighted by atomic mass is 10.1. The van der Waals surface area contributed by atoms with Gasteiger partial charge < -0.3 is 9.64 Å². The number of rotatable bonds is 3. The molecule has 0 aromatic heterocycles. The normalized spacial score (nSPS) is 18.8. The second-order valence-corrected chi connectivity index (χ2v) is 7.17. The van der Waals surface area contributed by atoms with Gasteiger partial charge in [-0.05, 0) is 12.5 Å². The van der Waals surface area contributed by atoms with Crippen LogP contribution in [0.15, 0.2) is 17.0 Å². The highest BCUT2D eigenvalue weighted by molar-refractivity contribution is 8.13. The van der Waals surface area contributed by atoms with E-state index in [1.54, 1.807) is 0 Å². The molecule has 9 heteroatoms. The summed E-state index contributed by atoms with van der Waals surface area (Å²) in [5, 5.41) is 0. The van der Waals surface area contributed by atoms with E-state index in [1.165, 1.54) is 11.9 Å². The van der Waals surface area contributed by atoms with Crippen LogP contribution in [0.25, 0.3) is 0 Å². The number of ether oxygens (including phenoxy) is 1. The van der Waals surface area contributed by atoms with Gasteiger partial charge in [-0.1, -0.05) is 0 Å².